The quantitative estimate of drug-likeness (QED) is 0.628. The van der Waals surface area contributed by atoms with Gasteiger partial charge in [0.2, 0.25) is 0 Å². The second-order valence-electron chi connectivity index (χ2n) is 3.70. The number of nitrogens with zero attached hydrogens (tertiary/aromatic N) is 1. The van der Waals surface area contributed by atoms with E-state index in [0.717, 1.165) is 29.7 Å². The molecule has 0 saturated heterocycles. The SMILES string of the molecule is CCc1cccc(CC)c1NC(=O)C[N+](=O)[O-]. The maximum absolute atomic E-state index is 11.4. The normalized spacial score (nSPS) is 10.0. The molecule has 0 atom stereocenters. The molecule has 0 spiro atoms. The Kier molecular flexibility index (Phi) is 4.63. The van der Waals surface area contributed by atoms with E-state index in [4.69, 9.17) is 0 Å². The average molecular weight is 236 g/mol. The summed E-state index contributed by atoms with van der Waals surface area (Å²) in [4.78, 5) is 21.0. The summed E-state index contributed by atoms with van der Waals surface area (Å²) in [5, 5.41) is 12.9. The zero-order valence-corrected chi connectivity index (χ0v) is 10.0. The number of hydrogen-bond acceptors (Lipinski definition) is 3. The maximum atomic E-state index is 11.4. The Balaban J connectivity index is 2.95. The number of anilines is 1. The average Bonchev–Trinajstić information content (AvgIpc) is 2.28. The van der Waals surface area contributed by atoms with Gasteiger partial charge >= 0.3 is 0 Å². The molecule has 1 N–H and O–H groups in total. The summed E-state index contributed by atoms with van der Waals surface area (Å²) < 4.78 is 0. The van der Waals surface area contributed by atoms with Crippen molar-refractivity contribution in [1.29, 1.82) is 0 Å². The molecule has 17 heavy (non-hydrogen) atoms. The number of nitrogens with one attached hydrogen (secondary N) is 1. The third-order valence-electron chi connectivity index (χ3n) is 2.54. The van der Waals surface area contributed by atoms with E-state index in [-0.39, 0.29) is 0 Å². The number of carbonyl (C=O) groups excluding carboxylic acids is 1. The molecule has 1 aromatic rings. The number of para-hydroxylation sites is 1. The third kappa shape index (κ3) is 3.55. The summed E-state index contributed by atoms with van der Waals surface area (Å²) in [5.41, 5.74) is 2.73. The van der Waals surface area contributed by atoms with Crippen molar-refractivity contribution in [1.82, 2.24) is 0 Å². The number of benzene rings is 1. The largest absolute Gasteiger partial charge is 0.320 e. The summed E-state index contributed by atoms with van der Waals surface area (Å²) in [6, 6.07) is 5.77. The fourth-order valence-corrected chi connectivity index (χ4v) is 1.70. The Labute approximate surface area is 100.0 Å². The van der Waals surface area contributed by atoms with Crippen LogP contribution in [0.3, 0.4) is 0 Å². The second-order valence-corrected chi connectivity index (χ2v) is 3.70. The monoisotopic (exact) mass is 236 g/mol. The summed E-state index contributed by atoms with van der Waals surface area (Å²) >= 11 is 0. The van der Waals surface area contributed by atoms with Gasteiger partial charge in [-0.05, 0) is 24.0 Å². The molecule has 0 aliphatic rings. The predicted molar refractivity (Wildman–Crippen MR) is 65.7 cm³/mol. The van der Waals surface area contributed by atoms with Crippen LogP contribution in [-0.4, -0.2) is 17.4 Å². The van der Waals surface area contributed by atoms with Gasteiger partial charge in [0.05, 0.1) is 0 Å². The van der Waals surface area contributed by atoms with Crippen molar-refractivity contribution >= 4 is 11.6 Å². The zero-order chi connectivity index (χ0) is 12.8. The van der Waals surface area contributed by atoms with Gasteiger partial charge in [-0.3, -0.25) is 14.9 Å². The van der Waals surface area contributed by atoms with Crippen molar-refractivity contribution in [3.63, 3.8) is 0 Å². The molecule has 0 radical (unpaired) electrons. The van der Waals surface area contributed by atoms with Crippen LogP contribution >= 0.6 is 0 Å². The molecule has 1 rings (SSSR count). The van der Waals surface area contributed by atoms with Gasteiger partial charge in [-0.25, -0.2) is 0 Å². The summed E-state index contributed by atoms with van der Waals surface area (Å²) in [6.07, 6.45) is 1.56. The molecular weight excluding hydrogens is 220 g/mol. The minimum atomic E-state index is -0.693. The van der Waals surface area contributed by atoms with Crippen LogP contribution in [0.1, 0.15) is 25.0 Å². The van der Waals surface area contributed by atoms with Gasteiger partial charge in [0, 0.05) is 10.6 Å². The lowest BCUT2D eigenvalue weighted by molar-refractivity contribution is -0.467. The van der Waals surface area contributed by atoms with Crippen LogP contribution in [0.15, 0.2) is 18.2 Å². The van der Waals surface area contributed by atoms with E-state index in [1.54, 1.807) is 0 Å². The molecule has 0 heterocycles. The van der Waals surface area contributed by atoms with Gasteiger partial charge in [0.15, 0.2) is 0 Å². The van der Waals surface area contributed by atoms with Gasteiger partial charge in [-0.15, -0.1) is 0 Å². The predicted octanol–water partition coefficient (Wildman–Crippen LogP) is 2.03. The topological polar surface area (TPSA) is 72.2 Å². The van der Waals surface area contributed by atoms with Crippen molar-refractivity contribution in [2.75, 3.05) is 11.9 Å². The molecule has 1 aromatic carbocycles. The van der Waals surface area contributed by atoms with Gasteiger partial charge in [-0.2, -0.15) is 0 Å². The van der Waals surface area contributed by atoms with Gasteiger partial charge in [0.1, 0.15) is 0 Å². The van der Waals surface area contributed by atoms with Crippen molar-refractivity contribution in [3.8, 4) is 0 Å². The first-order valence-corrected chi connectivity index (χ1v) is 5.60. The lowest BCUT2D eigenvalue weighted by atomic mass is 10.0. The Bertz CT molecular complexity index is 408. The van der Waals surface area contributed by atoms with E-state index >= 15 is 0 Å². The lowest BCUT2D eigenvalue weighted by Gasteiger charge is -2.13. The second kappa shape index (κ2) is 5.98. The van der Waals surface area contributed by atoms with E-state index in [1.807, 2.05) is 32.0 Å². The van der Waals surface area contributed by atoms with Crippen LogP contribution in [0.4, 0.5) is 5.69 Å². The van der Waals surface area contributed by atoms with E-state index in [1.165, 1.54) is 0 Å². The Morgan fingerprint density at radius 1 is 1.29 bits per heavy atom. The van der Waals surface area contributed by atoms with Gasteiger partial charge < -0.3 is 5.32 Å². The number of nitro groups is 1. The molecule has 0 fully saturated rings. The molecule has 0 aromatic heterocycles. The summed E-state index contributed by atoms with van der Waals surface area (Å²) in [7, 11) is 0. The Morgan fingerprint density at radius 2 is 1.82 bits per heavy atom. The number of amides is 1. The van der Waals surface area contributed by atoms with E-state index < -0.39 is 17.4 Å². The Morgan fingerprint density at radius 3 is 2.24 bits per heavy atom. The fourth-order valence-electron chi connectivity index (χ4n) is 1.70. The highest BCUT2D eigenvalue weighted by Gasteiger charge is 2.13. The molecule has 1 amide bonds. The van der Waals surface area contributed by atoms with E-state index in [2.05, 4.69) is 5.32 Å². The zero-order valence-electron chi connectivity index (χ0n) is 10.0. The Hall–Kier alpha value is -1.91. The van der Waals surface area contributed by atoms with Crippen LogP contribution in [0.2, 0.25) is 0 Å². The van der Waals surface area contributed by atoms with Crippen LogP contribution in [0, 0.1) is 10.1 Å². The number of hydrogen-bond donors (Lipinski definition) is 1. The maximum Gasteiger partial charge on any atom is 0.296 e. The van der Waals surface area contributed by atoms with E-state index in [0.29, 0.717) is 0 Å². The van der Waals surface area contributed by atoms with Crippen molar-refractivity contribution < 1.29 is 9.72 Å². The molecule has 92 valence electrons. The molecule has 0 aliphatic heterocycles. The minimum Gasteiger partial charge on any atom is -0.320 e. The van der Waals surface area contributed by atoms with E-state index in [9.17, 15) is 14.9 Å². The van der Waals surface area contributed by atoms with Crippen molar-refractivity contribution in [2.24, 2.45) is 0 Å². The summed E-state index contributed by atoms with van der Waals surface area (Å²) in [5.74, 6) is -0.578. The smallest absolute Gasteiger partial charge is 0.296 e. The van der Waals surface area contributed by atoms with Gasteiger partial charge in [0.25, 0.3) is 12.5 Å². The number of carbonyl (C=O) groups is 1. The molecule has 5 nitrogen and oxygen atoms in total. The fraction of sp³-hybridized carbons (Fsp3) is 0.417. The van der Waals surface area contributed by atoms with Crippen LogP contribution in [-0.2, 0) is 17.6 Å². The highest BCUT2D eigenvalue weighted by molar-refractivity contribution is 5.93. The number of rotatable bonds is 5. The molecule has 5 heteroatoms. The molecule has 0 unspecified atom stereocenters. The molecule has 0 saturated carbocycles. The third-order valence-corrected chi connectivity index (χ3v) is 2.54. The highest BCUT2D eigenvalue weighted by atomic mass is 16.6. The highest BCUT2D eigenvalue weighted by Crippen LogP contribution is 2.22. The summed E-state index contributed by atoms with van der Waals surface area (Å²) in [6.45, 7) is 3.27. The minimum absolute atomic E-state index is 0.578. The van der Waals surface area contributed by atoms with Crippen molar-refractivity contribution in [3.05, 3.63) is 39.4 Å². The first-order valence-electron chi connectivity index (χ1n) is 5.60. The molecule has 0 bridgehead atoms. The van der Waals surface area contributed by atoms with Crippen LogP contribution in [0.25, 0.3) is 0 Å². The van der Waals surface area contributed by atoms with Crippen LogP contribution < -0.4 is 5.32 Å². The molecule has 0 aliphatic carbocycles. The van der Waals surface area contributed by atoms with Gasteiger partial charge in [-0.1, -0.05) is 32.0 Å². The van der Waals surface area contributed by atoms with Crippen LogP contribution in [0.5, 0.6) is 0 Å². The standard InChI is InChI=1S/C12H16N2O3/c1-3-9-6-5-7-10(4-2)12(9)13-11(15)8-14(16)17/h5-7H,3-4,8H2,1-2H3,(H,13,15). The first-order chi connectivity index (χ1) is 8.08. The number of aryl methyl sites for hydroxylation is 2. The first kappa shape index (κ1) is 13.2. The molecular formula is C12H16N2O3. The van der Waals surface area contributed by atoms with Crippen molar-refractivity contribution in [2.45, 2.75) is 26.7 Å². The lowest BCUT2D eigenvalue weighted by Crippen LogP contribution is -2.23.